The fraction of sp³-hybridized carbons (Fsp3) is 0.385. The molecule has 0 unspecified atom stereocenters. The van der Waals surface area contributed by atoms with Crippen molar-refractivity contribution < 1.29 is 14.7 Å². The highest BCUT2D eigenvalue weighted by molar-refractivity contribution is 5.89. The average Bonchev–Trinajstić information content (AvgIpc) is 3.40. The van der Waals surface area contributed by atoms with E-state index in [0.29, 0.717) is 32.5 Å². The van der Waals surface area contributed by atoms with Crippen LogP contribution >= 0.6 is 0 Å². The molecule has 48 heavy (non-hydrogen) atoms. The second-order valence-corrected chi connectivity index (χ2v) is 13.9. The van der Waals surface area contributed by atoms with E-state index in [-0.39, 0.29) is 18.4 Å². The SMILES string of the molecule is Cc1cccc(CN2CCN([C@H](C(=O)N[C@@H](Cc3ccccc3)C[C@H](O)[C@@H](N)Cc3ccc(-c4ccncc4)cc3)C(C)(C)C)C2=O)n1. The number of aliphatic hydroxyl groups excluding tert-OH is 1. The Morgan fingerprint density at radius 1 is 0.896 bits per heavy atom. The molecule has 4 N–H and O–H groups in total. The quantitative estimate of drug-likeness (QED) is 0.184. The largest absolute Gasteiger partial charge is 0.391 e. The summed E-state index contributed by atoms with van der Waals surface area (Å²) in [5.74, 6) is -0.236. The molecule has 3 amide bonds. The number of aliphatic hydroxyl groups is 1. The predicted octanol–water partition coefficient (Wildman–Crippen LogP) is 5.15. The Hall–Kier alpha value is -4.60. The van der Waals surface area contributed by atoms with Crippen molar-refractivity contribution >= 4 is 11.9 Å². The minimum Gasteiger partial charge on any atom is -0.391 e. The summed E-state index contributed by atoms with van der Waals surface area (Å²) in [6.07, 6.45) is 3.96. The number of urea groups is 1. The third kappa shape index (κ3) is 9.05. The molecule has 9 heteroatoms. The van der Waals surface area contributed by atoms with Gasteiger partial charge in [0.1, 0.15) is 6.04 Å². The minimum atomic E-state index is -0.863. The molecule has 0 radical (unpaired) electrons. The van der Waals surface area contributed by atoms with Gasteiger partial charge < -0.3 is 26.0 Å². The smallest absolute Gasteiger partial charge is 0.321 e. The van der Waals surface area contributed by atoms with Crippen LogP contribution in [0.5, 0.6) is 0 Å². The zero-order valence-corrected chi connectivity index (χ0v) is 28.4. The molecule has 0 bridgehead atoms. The van der Waals surface area contributed by atoms with Crippen molar-refractivity contribution in [3.63, 3.8) is 0 Å². The number of rotatable bonds is 13. The van der Waals surface area contributed by atoms with Gasteiger partial charge in [0.05, 0.1) is 18.3 Å². The highest BCUT2D eigenvalue weighted by atomic mass is 16.3. The van der Waals surface area contributed by atoms with Gasteiger partial charge in [-0.05, 0) is 78.1 Å². The van der Waals surface area contributed by atoms with E-state index in [4.69, 9.17) is 5.73 Å². The number of pyridine rings is 2. The molecule has 2 aromatic heterocycles. The average molecular weight is 649 g/mol. The summed E-state index contributed by atoms with van der Waals surface area (Å²) in [7, 11) is 0. The summed E-state index contributed by atoms with van der Waals surface area (Å²) in [4.78, 5) is 39.9. The van der Waals surface area contributed by atoms with Gasteiger partial charge in [-0.2, -0.15) is 0 Å². The standard InChI is InChI=1S/C39H48N6O3/c1-27-9-8-12-32(42-27)26-44-21-22-45(38(44)48)36(39(2,3)4)37(47)43-33(23-28-10-6-5-7-11-28)25-35(46)34(40)24-29-13-15-30(16-14-29)31-17-19-41-20-18-31/h5-20,33-36,46H,21-26,40H2,1-4H3,(H,43,47)/t33-,34-,35-,36+/m0/s1. The van der Waals surface area contributed by atoms with Crippen LogP contribution in [0.1, 0.15) is 49.7 Å². The predicted molar refractivity (Wildman–Crippen MR) is 189 cm³/mol. The van der Waals surface area contributed by atoms with Gasteiger partial charge in [-0.3, -0.25) is 14.8 Å². The first-order valence-corrected chi connectivity index (χ1v) is 16.7. The number of nitrogens with one attached hydrogen (secondary N) is 1. The lowest BCUT2D eigenvalue weighted by Gasteiger charge is -2.37. The molecule has 4 aromatic rings. The molecule has 4 atom stereocenters. The van der Waals surface area contributed by atoms with E-state index in [1.807, 2.05) is 113 Å². The summed E-state index contributed by atoms with van der Waals surface area (Å²) in [6.45, 7) is 9.21. The summed E-state index contributed by atoms with van der Waals surface area (Å²) in [5, 5.41) is 14.6. The van der Waals surface area contributed by atoms with Crippen LogP contribution < -0.4 is 11.1 Å². The van der Waals surface area contributed by atoms with E-state index in [1.165, 1.54) is 0 Å². The molecule has 0 aliphatic carbocycles. The van der Waals surface area contributed by atoms with Crippen LogP contribution in [0.4, 0.5) is 4.79 Å². The number of amides is 3. The van der Waals surface area contributed by atoms with Crippen LogP contribution in [0.15, 0.2) is 97.3 Å². The Bertz CT molecular complexity index is 1640. The van der Waals surface area contributed by atoms with Crippen molar-refractivity contribution in [1.82, 2.24) is 25.1 Å². The molecule has 1 aliphatic rings. The minimum absolute atomic E-state index is 0.176. The van der Waals surface area contributed by atoms with Gasteiger partial charge in [0, 0.05) is 43.3 Å². The first-order valence-electron chi connectivity index (χ1n) is 16.7. The van der Waals surface area contributed by atoms with E-state index >= 15 is 0 Å². The number of aryl methyl sites for hydroxylation is 1. The molecule has 9 nitrogen and oxygen atoms in total. The van der Waals surface area contributed by atoms with Crippen molar-refractivity contribution in [3.05, 3.63) is 120 Å². The third-order valence-electron chi connectivity index (χ3n) is 8.94. The number of carbonyl (C=O) groups excluding carboxylic acids is 2. The van der Waals surface area contributed by atoms with Crippen molar-refractivity contribution in [3.8, 4) is 11.1 Å². The molecule has 252 valence electrons. The number of aromatic nitrogens is 2. The Kier molecular flexibility index (Phi) is 11.2. The normalized spacial score (nSPS) is 16.0. The molecule has 0 spiro atoms. The fourth-order valence-electron chi connectivity index (χ4n) is 6.50. The molecule has 1 fully saturated rings. The van der Waals surface area contributed by atoms with E-state index in [9.17, 15) is 14.7 Å². The third-order valence-corrected chi connectivity index (χ3v) is 8.94. The van der Waals surface area contributed by atoms with Gasteiger partial charge in [-0.15, -0.1) is 0 Å². The van der Waals surface area contributed by atoms with E-state index in [2.05, 4.69) is 15.3 Å². The van der Waals surface area contributed by atoms with Crippen molar-refractivity contribution in [2.45, 2.75) is 77.7 Å². The second-order valence-electron chi connectivity index (χ2n) is 13.9. The lowest BCUT2D eigenvalue weighted by molar-refractivity contribution is -0.129. The Balaban J connectivity index is 1.27. The van der Waals surface area contributed by atoms with E-state index < -0.39 is 29.6 Å². The van der Waals surface area contributed by atoms with Gasteiger partial charge in [0.25, 0.3) is 0 Å². The highest BCUT2D eigenvalue weighted by Gasteiger charge is 2.44. The maximum Gasteiger partial charge on any atom is 0.321 e. The maximum absolute atomic E-state index is 14.2. The molecule has 3 heterocycles. The van der Waals surface area contributed by atoms with Crippen molar-refractivity contribution in [2.24, 2.45) is 11.1 Å². The first kappa shape index (κ1) is 34.7. The number of benzene rings is 2. The molecule has 0 saturated carbocycles. The lowest BCUT2D eigenvalue weighted by atomic mass is 9.84. The lowest BCUT2D eigenvalue weighted by Crippen LogP contribution is -2.57. The molecular weight excluding hydrogens is 600 g/mol. The van der Waals surface area contributed by atoms with E-state index in [1.54, 1.807) is 22.2 Å². The zero-order chi connectivity index (χ0) is 34.3. The van der Waals surface area contributed by atoms with Gasteiger partial charge in [0.15, 0.2) is 0 Å². The van der Waals surface area contributed by atoms with Crippen molar-refractivity contribution in [1.29, 1.82) is 0 Å². The molecule has 1 saturated heterocycles. The summed E-state index contributed by atoms with van der Waals surface area (Å²) >= 11 is 0. The number of nitrogens with two attached hydrogens (primary N) is 1. The first-order chi connectivity index (χ1) is 23.0. The summed E-state index contributed by atoms with van der Waals surface area (Å²) in [5.41, 5.74) is 12.0. The van der Waals surface area contributed by atoms with Gasteiger partial charge in [-0.25, -0.2) is 4.79 Å². The number of nitrogens with zero attached hydrogens (tertiary/aromatic N) is 4. The van der Waals surface area contributed by atoms with Crippen LogP contribution in [0.2, 0.25) is 0 Å². The van der Waals surface area contributed by atoms with Gasteiger partial charge in [0.2, 0.25) is 5.91 Å². The maximum atomic E-state index is 14.2. The second kappa shape index (κ2) is 15.5. The summed E-state index contributed by atoms with van der Waals surface area (Å²) in [6, 6.07) is 26.0. The topological polar surface area (TPSA) is 125 Å². The zero-order valence-electron chi connectivity index (χ0n) is 28.4. The summed E-state index contributed by atoms with van der Waals surface area (Å²) < 4.78 is 0. The fourth-order valence-corrected chi connectivity index (χ4v) is 6.50. The Morgan fingerprint density at radius 2 is 1.56 bits per heavy atom. The van der Waals surface area contributed by atoms with Gasteiger partial charge >= 0.3 is 6.03 Å². The van der Waals surface area contributed by atoms with Crippen LogP contribution in [0.25, 0.3) is 11.1 Å². The van der Waals surface area contributed by atoms with Gasteiger partial charge in [-0.1, -0.05) is 81.4 Å². The van der Waals surface area contributed by atoms with Crippen LogP contribution in [-0.2, 0) is 24.2 Å². The highest BCUT2D eigenvalue weighted by Crippen LogP contribution is 2.29. The number of hydrogen-bond donors (Lipinski definition) is 3. The number of carbonyl (C=O) groups is 2. The Labute approximate surface area is 284 Å². The van der Waals surface area contributed by atoms with Crippen molar-refractivity contribution in [2.75, 3.05) is 13.1 Å². The molecule has 1 aliphatic heterocycles. The van der Waals surface area contributed by atoms with Crippen LogP contribution in [-0.4, -0.2) is 74.1 Å². The van der Waals surface area contributed by atoms with Crippen LogP contribution in [0.3, 0.4) is 0 Å². The molecular formula is C39H48N6O3. The Morgan fingerprint density at radius 3 is 2.23 bits per heavy atom. The van der Waals surface area contributed by atoms with Crippen LogP contribution in [0, 0.1) is 12.3 Å². The monoisotopic (exact) mass is 648 g/mol. The number of hydrogen-bond acceptors (Lipinski definition) is 6. The van der Waals surface area contributed by atoms with E-state index in [0.717, 1.165) is 33.6 Å². The molecule has 2 aromatic carbocycles. The molecule has 5 rings (SSSR count).